The maximum atomic E-state index is 9.92. The maximum absolute atomic E-state index is 9.92. The van der Waals surface area contributed by atoms with Crippen LogP contribution in [0.5, 0.6) is 0 Å². The van der Waals surface area contributed by atoms with Crippen molar-refractivity contribution in [3.8, 4) is 0 Å². The molecule has 0 radical (unpaired) electrons. The molecule has 0 rings (SSSR count). The molecule has 0 aliphatic rings. The van der Waals surface area contributed by atoms with E-state index >= 15 is 0 Å². The molecule has 9 nitrogen and oxygen atoms in total. The number of carboxylic acid groups (broad SMARTS) is 1. The Hall–Kier alpha value is 2.07. The van der Waals surface area contributed by atoms with Crippen molar-refractivity contribution in [2.24, 2.45) is 5.73 Å². The summed E-state index contributed by atoms with van der Waals surface area (Å²) in [5.74, 6) is -1.23. The van der Waals surface area contributed by atoms with Crippen LogP contribution in [0.25, 0.3) is 0 Å². The molecule has 0 atom stereocenters. The van der Waals surface area contributed by atoms with Gasteiger partial charge in [-0.2, -0.15) is 7.82 Å². The molecule has 0 aromatic rings. The van der Waals surface area contributed by atoms with E-state index in [0.29, 0.717) is 0 Å². The van der Waals surface area contributed by atoms with Crippen LogP contribution in [0.4, 0.5) is 0 Å². The molecule has 0 aliphatic heterocycles. The van der Waals surface area contributed by atoms with Gasteiger partial charge < -0.3 is 35.0 Å². The van der Waals surface area contributed by atoms with Gasteiger partial charge in [0.15, 0.2) is 5.96 Å². The van der Waals surface area contributed by atoms with Crippen molar-refractivity contribution in [1.29, 1.82) is 5.41 Å². The van der Waals surface area contributed by atoms with Gasteiger partial charge in [-0.25, -0.2) is 0 Å². The van der Waals surface area contributed by atoms with Crippen LogP contribution >= 0.6 is 7.82 Å². The van der Waals surface area contributed by atoms with Crippen molar-refractivity contribution in [2.75, 3.05) is 13.6 Å². The van der Waals surface area contributed by atoms with Crippen molar-refractivity contribution < 1.29 is 118 Å². The normalized spacial score (nSPS) is 9.69. The summed E-state index contributed by atoms with van der Waals surface area (Å²) in [5, 5.41) is 14.9. The van der Waals surface area contributed by atoms with Crippen LogP contribution in [0, 0.1) is 5.41 Å². The van der Waals surface area contributed by atoms with Crippen LogP contribution in [0.1, 0.15) is 110 Å². The van der Waals surface area contributed by atoms with Gasteiger partial charge in [-0.1, -0.05) is 116 Å². The second-order valence-corrected chi connectivity index (χ2v) is 10.3. The standard InChI is InChI=1S/C18H40Si.C4H9N3O2.3Na.H3O4P/c1-2-3-4-5-6-7-8-9-10-11-12-13-14-15-16-17-18-19;1-7(4(5)6)2-3(8)9;;;;1-5(2,3)4/h2-18H2,1,19H3;2H2,1H3,(H3,5,6)(H,8,9);;;;(H3,1,2,3,4)/q;;3*+1;/p-3. The van der Waals surface area contributed by atoms with Crippen LogP contribution in [0.15, 0.2) is 0 Å². The van der Waals surface area contributed by atoms with Gasteiger partial charge in [0.25, 0.3) is 0 Å². The smallest absolute Gasteiger partial charge is 0.822 e. The SMILES string of the molecule is CCCCCCCCCCCCCCCCCC[SiH3].CN(CC(=O)O)C(=N)N.O=P([O-])([O-])[O-].[Na+].[Na+].[Na+]. The minimum absolute atomic E-state index is 0. The maximum Gasteiger partial charge on any atom is 1.00 e. The molecule has 0 bridgehead atoms. The number of carbonyl (C=O) groups is 1. The number of phosphoric acid groups is 1. The van der Waals surface area contributed by atoms with E-state index in [4.69, 9.17) is 35.5 Å². The van der Waals surface area contributed by atoms with E-state index in [-0.39, 0.29) is 101 Å². The first-order chi connectivity index (χ1) is 15.5. The molecular weight excluding hydrogens is 530 g/mol. The van der Waals surface area contributed by atoms with E-state index in [9.17, 15) is 4.79 Å². The Bertz CT molecular complexity index is 485. The minimum Gasteiger partial charge on any atom is -0.822 e. The van der Waals surface area contributed by atoms with Crippen LogP contribution in [0.2, 0.25) is 6.04 Å². The van der Waals surface area contributed by atoms with Gasteiger partial charge in [0.1, 0.15) is 6.54 Å². The summed E-state index contributed by atoms with van der Waals surface area (Å²) in [5.41, 5.74) is 4.93. The molecule has 200 valence electrons. The molecule has 0 saturated carbocycles. The largest absolute Gasteiger partial charge is 1.00 e. The predicted octanol–water partition coefficient (Wildman–Crippen LogP) is -6.88. The quantitative estimate of drug-likeness (QED) is 0.0472. The van der Waals surface area contributed by atoms with E-state index in [1.807, 2.05) is 0 Å². The molecular formula is C22H49N3Na3O6PSi. The van der Waals surface area contributed by atoms with Crippen LogP contribution < -0.4 is 109 Å². The van der Waals surface area contributed by atoms with Crippen molar-refractivity contribution in [3.05, 3.63) is 0 Å². The average molecular weight is 580 g/mol. The monoisotopic (exact) mass is 579 g/mol. The summed E-state index contributed by atoms with van der Waals surface area (Å²) in [6, 6.07) is 1.51. The second-order valence-electron chi connectivity index (χ2n) is 8.39. The number of likely N-dealkylation sites (N-methyl/N-ethyl adjacent to an activating group) is 1. The van der Waals surface area contributed by atoms with Gasteiger partial charge in [-0.15, -0.1) is 0 Å². The molecule has 0 heterocycles. The van der Waals surface area contributed by atoms with Crippen molar-refractivity contribution in [3.63, 3.8) is 0 Å². The van der Waals surface area contributed by atoms with Gasteiger partial charge in [0.2, 0.25) is 0 Å². The number of guanidine groups is 1. The Morgan fingerprint density at radius 1 is 0.806 bits per heavy atom. The van der Waals surface area contributed by atoms with Crippen molar-refractivity contribution in [2.45, 2.75) is 116 Å². The number of nitrogens with two attached hydrogens (primary N) is 1. The van der Waals surface area contributed by atoms with Gasteiger partial charge in [-0.3, -0.25) is 10.2 Å². The fourth-order valence-corrected chi connectivity index (χ4v) is 3.59. The number of hydrogen-bond donors (Lipinski definition) is 3. The number of unbranched alkanes of at least 4 members (excludes halogenated alkanes) is 15. The van der Waals surface area contributed by atoms with E-state index in [1.54, 1.807) is 0 Å². The fourth-order valence-electron chi connectivity index (χ4n) is 3.09. The molecule has 0 spiro atoms. The number of carboxylic acids is 1. The summed E-state index contributed by atoms with van der Waals surface area (Å²) >= 11 is 0. The zero-order chi connectivity index (χ0) is 26.0. The van der Waals surface area contributed by atoms with Crippen molar-refractivity contribution >= 4 is 30.0 Å². The molecule has 0 fully saturated rings. The zero-order valence-electron chi connectivity index (χ0n) is 24.2. The Morgan fingerprint density at radius 2 is 1.06 bits per heavy atom. The van der Waals surface area contributed by atoms with Gasteiger partial charge in [-0.05, 0) is 0 Å². The molecule has 0 aromatic carbocycles. The summed E-state index contributed by atoms with van der Waals surface area (Å²) in [7, 11) is -2.54. The minimum atomic E-state index is -5.39. The second kappa shape index (κ2) is 39.2. The molecule has 0 unspecified atom stereocenters. The van der Waals surface area contributed by atoms with Crippen LogP contribution in [0.3, 0.4) is 0 Å². The van der Waals surface area contributed by atoms with Crippen molar-refractivity contribution in [1.82, 2.24) is 4.90 Å². The molecule has 0 saturated heterocycles. The molecule has 14 heteroatoms. The van der Waals surface area contributed by atoms with E-state index in [0.717, 1.165) is 4.90 Å². The number of nitrogens with zero attached hydrogens (tertiary/aromatic N) is 1. The Labute approximate surface area is 289 Å². The molecule has 36 heavy (non-hydrogen) atoms. The number of rotatable bonds is 18. The first-order valence-corrected chi connectivity index (χ1v) is 15.3. The third-order valence-electron chi connectivity index (χ3n) is 4.99. The third kappa shape index (κ3) is 65.3. The Kier molecular flexibility index (Phi) is 55.4. The predicted molar refractivity (Wildman–Crippen MR) is 134 cm³/mol. The summed E-state index contributed by atoms with van der Waals surface area (Å²) in [4.78, 5) is 36.7. The van der Waals surface area contributed by atoms with Gasteiger partial charge in [0, 0.05) is 17.3 Å². The Morgan fingerprint density at radius 3 is 1.22 bits per heavy atom. The summed E-state index contributed by atoms with van der Waals surface area (Å²) < 4.78 is 8.55. The van der Waals surface area contributed by atoms with E-state index in [1.165, 1.54) is 126 Å². The number of nitrogens with one attached hydrogen (secondary N) is 1. The van der Waals surface area contributed by atoms with Gasteiger partial charge in [0.05, 0.1) is 0 Å². The molecule has 4 N–H and O–H groups in total. The summed E-state index contributed by atoms with van der Waals surface area (Å²) in [6.45, 7) is 2.07. The molecule has 0 aliphatic carbocycles. The van der Waals surface area contributed by atoms with Crippen LogP contribution in [-0.2, 0) is 9.36 Å². The topological polar surface area (TPSA) is 177 Å². The van der Waals surface area contributed by atoms with Gasteiger partial charge >= 0.3 is 94.6 Å². The fraction of sp³-hybridized carbons (Fsp3) is 0.909. The molecule has 0 aromatic heterocycles. The Balaban J connectivity index is -0.000000111. The number of hydrogen-bond acceptors (Lipinski definition) is 6. The zero-order valence-corrected chi connectivity index (χ0v) is 33.1. The van der Waals surface area contributed by atoms with Crippen LogP contribution in [-0.4, -0.2) is 45.8 Å². The number of aliphatic carboxylic acids is 1. The summed E-state index contributed by atoms with van der Waals surface area (Å²) in [6.07, 6.45) is 23.7. The average Bonchev–Trinajstić information content (AvgIpc) is 2.69. The third-order valence-corrected chi connectivity index (χ3v) is 5.70. The van der Waals surface area contributed by atoms with E-state index < -0.39 is 13.8 Å². The molecule has 0 amide bonds. The first-order valence-electron chi connectivity index (χ1n) is 12.5. The van der Waals surface area contributed by atoms with E-state index in [2.05, 4.69) is 6.92 Å². The first kappa shape index (κ1) is 50.9.